The van der Waals surface area contributed by atoms with Gasteiger partial charge in [-0.15, -0.1) is 0 Å². The van der Waals surface area contributed by atoms with Crippen LogP contribution in [-0.4, -0.2) is 27.7 Å². The lowest BCUT2D eigenvalue weighted by atomic mass is 9.72. The minimum atomic E-state index is 0.374. The summed E-state index contributed by atoms with van der Waals surface area (Å²) in [7, 11) is 0. The van der Waals surface area contributed by atoms with E-state index >= 15 is 0 Å². The summed E-state index contributed by atoms with van der Waals surface area (Å²) >= 11 is 0. The van der Waals surface area contributed by atoms with Crippen LogP contribution >= 0.6 is 0 Å². The van der Waals surface area contributed by atoms with Crippen molar-refractivity contribution in [1.29, 1.82) is 5.26 Å². The van der Waals surface area contributed by atoms with Gasteiger partial charge in [0.1, 0.15) is 11.9 Å². The van der Waals surface area contributed by atoms with Gasteiger partial charge >= 0.3 is 0 Å². The number of piperidine rings is 1. The van der Waals surface area contributed by atoms with Gasteiger partial charge in [0.2, 0.25) is 0 Å². The second kappa shape index (κ2) is 9.92. The third kappa shape index (κ3) is 4.66. The van der Waals surface area contributed by atoms with Crippen molar-refractivity contribution in [3.63, 3.8) is 0 Å². The molecule has 5 rings (SSSR count). The molecule has 35 heavy (non-hydrogen) atoms. The normalized spacial score (nSPS) is 15.3. The number of pyridine rings is 2. The van der Waals surface area contributed by atoms with Crippen LogP contribution < -0.4 is 4.90 Å². The van der Waals surface area contributed by atoms with Crippen LogP contribution in [0, 0.1) is 16.7 Å². The molecule has 0 unspecified atom stereocenters. The van der Waals surface area contributed by atoms with Crippen molar-refractivity contribution in [2.75, 3.05) is 18.0 Å². The van der Waals surface area contributed by atoms with Crippen LogP contribution in [0.15, 0.2) is 67.1 Å². The number of aryl methyl sites for hydroxylation is 1. The Morgan fingerprint density at radius 2 is 1.80 bits per heavy atom. The Kier molecular flexibility index (Phi) is 6.55. The Morgan fingerprint density at radius 1 is 1.00 bits per heavy atom. The maximum atomic E-state index is 9.61. The predicted molar refractivity (Wildman–Crippen MR) is 141 cm³/mol. The van der Waals surface area contributed by atoms with Crippen LogP contribution in [0.3, 0.4) is 0 Å². The second-order valence-electron chi connectivity index (χ2n) is 9.88. The number of nitrogens with zero attached hydrogens (tertiary/aromatic N) is 5. The van der Waals surface area contributed by atoms with Crippen molar-refractivity contribution in [3.8, 4) is 17.2 Å². The summed E-state index contributed by atoms with van der Waals surface area (Å²) in [6.45, 7) is 6.58. The number of nitriles is 1. The highest BCUT2D eigenvalue weighted by Gasteiger charge is 2.33. The molecule has 1 aromatic carbocycles. The number of aromatic nitrogens is 3. The van der Waals surface area contributed by atoms with Crippen molar-refractivity contribution >= 4 is 11.3 Å². The molecule has 178 valence electrons. The molecule has 1 aliphatic rings. The van der Waals surface area contributed by atoms with E-state index in [0.717, 1.165) is 54.8 Å². The van der Waals surface area contributed by atoms with Crippen LogP contribution in [0.25, 0.3) is 16.6 Å². The van der Waals surface area contributed by atoms with Gasteiger partial charge in [-0.05, 0) is 60.4 Å². The highest BCUT2D eigenvalue weighted by atomic mass is 15.2. The Morgan fingerprint density at radius 3 is 2.46 bits per heavy atom. The van der Waals surface area contributed by atoms with Gasteiger partial charge in [0.15, 0.2) is 0 Å². The largest absolute Gasteiger partial charge is 0.357 e. The van der Waals surface area contributed by atoms with Crippen molar-refractivity contribution in [3.05, 3.63) is 83.8 Å². The minimum Gasteiger partial charge on any atom is -0.357 e. The maximum absolute atomic E-state index is 9.61. The average molecular weight is 464 g/mol. The van der Waals surface area contributed by atoms with Gasteiger partial charge in [-0.3, -0.25) is 0 Å². The summed E-state index contributed by atoms with van der Waals surface area (Å²) in [5.74, 6) is 1.04. The van der Waals surface area contributed by atoms with E-state index in [1.807, 2.05) is 16.9 Å². The molecule has 1 saturated heterocycles. The summed E-state index contributed by atoms with van der Waals surface area (Å²) in [6.07, 6.45) is 12.4. The second-order valence-corrected chi connectivity index (χ2v) is 9.88. The Labute approximate surface area is 208 Å². The lowest BCUT2D eigenvalue weighted by Gasteiger charge is -2.42. The van der Waals surface area contributed by atoms with Crippen LogP contribution in [0.2, 0.25) is 0 Å². The van der Waals surface area contributed by atoms with Gasteiger partial charge in [-0.2, -0.15) is 10.4 Å². The summed E-state index contributed by atoms with van der Waals surface area (Å²) in [5, 5.41) is 14.0. The monoisotopic (exact) mass is 463 g/mol. The molecule has 0 atom stereocenters. The van der Waals surface area contributed by atoms with E-state index in [1.54, 1.807) is 6.20 Å². The molecule has 0 amide bonds. The molecule has 3 aromatic heterocycles. The summed E-state index contributed by atoms with van der Waals surface area (Å²) in [6, 6.07) is 19.7. The van der Waals surface area contributed by atoms with Crippen LogP contribution in [0.1, 0.15) is 56.2 Å². The van der Waals surface area contributed by atoms with E-state index in [2.05, 4.69) is 78.4 Å². The van der Waals surface area contributed by atoms with Crippen LogP contribution in [-0.2, 0) is 12.8 Å². The molecule has 0 aliphatic carbocycles. The molecule has 0 bridgehead atoms. The lowest BCUT2D eigenvalue weighted by Crippen LogP contribution is -2.41. The standard InChI is InChI=1S/C30H33N5/c1-3-8-24-17-27(29-26(19-31)21-33-35(29)22-24)25-11-12-28(32-20-25)34-15-13-30(4-2,14-16-34)18-23-9-6-5-7-10-23/h5-7,9-12,17,20-22H,3-4,8,13-16,18H2,1-2H3. The SMILES string of the molecule is CCCc1cc(-c2ccc(N3CCC(CC)(Cc4ccccc4)CC3)nc2)c2c(C#N)cnn2c1. The minimum absolute atomic E-state index is 0.374. The van der Waals surface area contributed by atoms with Gasteiger partial charge in [0, 0.05) is 36.6 Å². The van der Waals surface area contributed by atoms with E-state index in [1.165, 1.54) is 30.4 Å². The molecule has 0 saturated carbocycles. The van der Waals surface area contributed by atoms with Crippen LogP contribution in [0.5, 0.6) is 0 Å². The zero-order chi connectivity index (χ0) is 24.3. The zero-order valence-corrected chi connectivity index (χ0v) is 20.7. The van der Waals surface area contributed by atoms with Gasteiger partial charge in [0.25, 0.3) is 0 Å². The molecule has 4 heterocycles. The van der Waals surface area contributed by atoms with E-state index in [0.29, 0.717) is 11.0 Å². The Balaban J connectivity index is 1.36. The number of hydrogen-bond acceptors (Lipinski definition) is 4. The average Bonchev–Trinajstić information content (AvgIpc) is 3.33. The first kappa shape index (κ1) is 23.1. The molecule has 1 aliphatic heterocycles. The summed E-state index contributed by atoms with van der Waals surface area (Å²) < 4.78 is 1.84. The van der Waals surface area contributed by atoms with Crippen molar-refractivity contribution in [1.82, 2.24) is 14.6 Å². The first-order chi connectivity index (χ1) is 17.1. The molecule has 4 aromatic rings. The maximum Gasteiger partial charge on any atom is 0.128 e. The predicted octanol–water partition coefficient (Wildman–Crippen LogP) is 6.46. The molecule has 5 heteroatoms. The lowest BCUT2D eigenvalue weighted by molar-refractivity contribution is 0.206. The molecule has 1 fully saturated rings. The summed E-state index contributed by atoms with van der Waals surface area (Å²) in [4.78, 5) is 7.29. The van der Waals surface area contributed by atoms with E-state index in [9.17, 15) is 5.26 Å². The van der Waals surface area contributed by atoms with E-state index < -0.39 is 0 Å². The Bertz CT molecular complexity index is 1320. The fourth-order valence-electron chi connectivity index (χ4n) is 5.53. The number of hydrogen-bond donors (Lipinski definition) is 0. The van der Waals surface area contributed by atoms with Gasteiger partial charge < -0.3 is 4.90 Å². The van der Waals surface area contributed by atoms with E-state index in [-0.39, 0.29) is 0 Å². The van der Waals surface area contributed by atoms with Gasteiger partial charge in [-0.1, -0.05) is 57.0 Å². The molecular formula is C30H33N5. The molecule has 0 radical (unpaired) electrons. The highest BCUT2D eigenvalue weighted by Crippen LogP contribution is 2.39. The molecule has 0 N–H and O–H groups in total. The van der Waals surface area contributed by atoms with Gasteiger partial charge in [-0.25, -0.2) is 9.50 Å². The zero-order valence-electron chi connectivity index (χ0n) is 20.7. The number of benzene rings is 1. The van der Waals surface area contributed by atoms with Crippen molar-refractivity contribution < 1.29 is 0 Å². The first-order valence-electron chi connectivity index (χ1n) is 12.8. The quantitative estimate of drug-likeness (QED) is 0.316. The number of anilines is 1. The number of rotatable bonds is 7. The highest BCUT2D eigenvalue weighted by molar-refractivity contribution is 5.84. The summed E-state index contributed by atoms with van der Waals surface area (Å²) in [5.41, 5.74) is 6.54. The molecular weight excluding hydrogens is 430 g/mol. The fourth-order valence-corrected chi connectivity index (χ4v) is 5.53. The fraction of sp³-hybridized carbons (Fsp3) is 0.367. The number of fused-ring (bicyclic) bond motifs is 1. The van der Waals surface area contributed by atoms with Gasteiger partial charge in [0.05, 0.1) is 17.3 Å². The molecule has 5 nitrogen and oxygen atoms in total. The molecule has 0 spiro atoms. The third-order valence-electron chi connectivity index (χ3n) is 7.71. The third-order valence-corrected chi connectivity index (χ3v) is 7.71. The van der Waals surface area contributed by atoms with Crippen molar-refractivity contribution in [2.45, 2.75) is 52.4 Å². The van der Waals surface area contributed by atoms with E-state index in [4.69, 9.17) is 4.98 Å². The first-order valence-corrected chi connectivity index (χ1v) is 12.8. The Hall–Kier alpha value is -3.65. The van der Waals surface area contributed by atoms with Crippen LogP contribution in [0.4, 0.5) is 5.82 Å². The topological polar surface area (TPSA) is 57.2 Å². The smallest absolute Gasteiger partial charge is 0.128 e. The van der Waals surface area contributed by atoms with Crippen molar-refractivity contribution in [2.24, 2.45) is 5.41 Å².